The van der Waals surface area contributed by atoms with Gasteiger partial charge in [-0.3, -0.25) is 4.79 Å². The molecule has 1 heterocycles. The van der Waals surface area contributed by atoms with Crippen LogP contribution in [0.25, 0.3) is 0 Å². The number of hydrogen-bond acceptors (Lipinski definition) is 4. The number of ether oxygens (including phenoxy) is 1. The van der Waals surface area contributed by atoms with Crippen LogP contribution in [0.15, 0.2) is 42.9 Å². The zero-order valence-electron chi connectivity index (χ0n) is 11.5. The monoisotopic (exact) mass is 273 g/mol. The average molecular weight is 273 g/mol. The molecule has 0 aliphatic carbocycles. The SMILES string of the molecule is CCOC(=O)Cn1cncc1[C@H](N)Cc1ccccc1. The maximum absolute atomic E-state index is 11.5. The summed E-state index contributed by atoms with van der Waals surface area (Å²) in [5.41, 5.74) is 8.20. The molecule has 0 aliphatic rings. The molecule has 106 valence electrons. The molecule has 2 rings (SSSR count). The first-order valence-electron chi connectivity index (χ1n) is 6.66. The number of rotatable bonds is 6. The number of esters is 1. The number of imidazole rings is 1. The van der Waals surface area contributed by atoms with Gasteiger partial charge in [0, 0.05) is 6.20 Å². The third kappa shape index (κ3) is 3.68. The number of hydrogen-bond donors (Lipinski definition) is 1. The normalized spacial score (nSPS) is 12.1. The quantitative estimate of drug-likeness (QED) is 0.813. The second kappa shape index (κ2) is 6.86. The summed E-state index contributed by atoms with van der Waals surface area (Å²) in [6, 6.07) is 9.81. The zero-order valence-corrected chi connectivity index (χ0v) is 11.5. The van der Waals surface area contributed by atoms with E-state index in [4.69, 9.17) is 10.5 Å². The Kier molecular flexibility index (Phi) is 4.90. The number of nitrogens with two attached hydrogens (primary N) is 1. The second-order valence-electron chi connectivity index (χ2n) is 4.55. The van der Waals surface area contributed by atoms with Gasteiger partial charge in [0.05, 0.1) is 24.7 Å². The fraction of sp³-hybridized carbons (Fsp3) is 0.333. The molecule has 2 aromatic rings. The van der Waals surface area contributed by atoms with Crippen LogP contribution in [0, 0.1) is 0 Å². The standard InChI is InChI=1S/C15H19N3O2/c1-2-20-15(19)10-18-11-17-9-14(18)13(16)8-12-6-4-3-5-7-12/h3-7,9,11,13H,2,8,10,16H2,1H3/t13-/m1/s1. The van der Waals surface area contributed by atoms with E-state index in [2.05, 4.69) is 4.98 Å². The first-order chi connectivity index (χ1) is 9.70. The summed E-state index contributed by atoms with van der Waals surface area (Å²) in [7, 11) is 0. The second-order valence-corrected chi connectivity index (χ2v) is 4.55. The predicted molar refractivity (Wildman–Crippen MR) is 75.9 cm³/mol. The number of nitrogens with zero attached hydrogens (tertiary/aromatic N) is 2. The molecule has 0 unspecified atom stereocenters. The number of carbonyl (C=O) groups is 1. The van der Waals surface area contributed by atoms with Gasteiger partial charge in [0.15, 0.2) is 0 Å². The summed E-state index contributed by atoms with van der Waals surface area (Å²) in [4.78, 5) is 15.6. The Morgan fingerprint density at radius 3 is 2.85 bits per heavy atom. The van der Waals surface area contributed by atoms with E-state index in [0.29, 0.717) is 13.0 Å². The predicted octanol–water partition coefficient (Wildman–Crippen LogP) is 1.69. The summed E-state index contributed by atoms with van der Waals surface area (Å²) in [6.07, 6.45) is 4.01. The summed E-state index contributed by atoms with van der Waals surface area (Å²) in [5, 5.41) is 0. The van der Waals surface area contributed by atoms with E-state index in [0.717, 1.165) is 11.3 Å². The molecule has 5 nitrogen and oxygen atoms in total. The molecule has 0 saturated heterocycles. The van der Waals surface area contributed by atoms with E-state index in [9.17, 15) is 4.79 Å². The van der Waals surface area contributed by atoms with Crippen molar-refractivity contribution in [3.63, 3.8) is 0 Å². The van der Waals surface area contributed by atoms with Crippen LogP contribution in [-0.4, -0.2) is 22.1 Å². The van der Waals surface area contributed by atoms with Gasteiger partial charge in [0.2, 0.25) is 0 Å². The Bertz CT molecular complexity index is 551. The molecule has 0 fully saturated rings. The van der Waals surface area contributed by atoms with Gasteiger partial charge in [0.1, 0.15) is 6.54 Å². The van der Waals surface area contributed by atoms with E-state index in [1.54, 1.807) is 24.0 Å². The van der Waals surface area contributed by atoms with Gasteiger partial charge >= 0.3 is 5.97 Å². The highest BCUT2D eigenvalue weighted by Gasteiger charge is 2.14. The van der Waals surface area contributed by atoms with Crippen LogP contribution < -0.4 is 5.73 Å². The number of aromatic nitrogens is 2. The fourth-order valence-corrected chi connectivity index (χ4v) is 2.09. The average Bonchev–Trinajstić information content (AvgIpc) is 2.88. The smallest absolute Gasteiger partial charge is 0.325 e. The molecule has 20 heavy (non-hydrogen) atoms. The van der Waals surface area contributed by atoms with Crippen molar-refractivity contribution in [3.05, 3.63) is 54.1 Å². The lowest BCUT2D eigenvalue weighted by Gasteiger charge is -2.14. The lowest BCUT2D eigenvalue weighted by atomic mass is 10.0. The minimum absolute atomic E-state index is 0.145. The highest BCUT2D eigenvalue weighted by molar-refractivity contribution is 5.69. The number of carbonyl (C=O) groups excluding carboxylic acids is 1. The van der Waals surface area contributed by atoms with Crippen molar-refractivity contribution >= 4 is 5.97 Å². The van der Waals surface area contributed by atoms with Crippen molar-refractivity contribution in [2.45, 2.75) is 25.9 Å². The fourth-order valence-electron chi connectivity index (χ4n) is 2.09. The van der Waals surface area contributed by atoms with Gasteiger partial charge < -0.3 is 15.0 Å². The van der Waals surface area contributed by atoms with Crippen molar-refractivity contribution in [1.29, 1.82) is 0 Å². The minimum atomic E-state index is -0.279. The minimum Gasteiger partial charge on any atom is -0.465 e. The van der Waals surface area contributed by atoms with E-state index >= 15 is 0 Å². The van der Waals surface area contributed by atoms with Crippen molar-refractivity contribution in [3.8, 4) is 0 Å². The highest BCUT2D eigenvalue weighted by Crippen LogP contribution is 2.15. The van der Waals surface area contributed by atoms with Crippen molar-refractivity contribution in [2.24, 2.45) is 5.73 Å². The molecule has 0 spiro atoms. The molecule has 0 amide bonds. The van der Waals surface area contributed by atoms with E-state index in [1.807, 2.05) is 30.3 Å². The van der Waals surface area contributed by atoms with Gasteiger partial charge in [-0.15, -0.1) is 0 Å². The molecule has 5 heteroatoms. The van der Waals surface area contributed by atoms with Crippen LogP contribution in [0.3, 0.4) is 0 Å². The van der Waals surface area contributed by atoms with Crippen molar-refractivity contribution in [1.82, 2.24) is 9.55 Å². The third-order valence-corrected chi connectivity index (χ3v) is 3.03. The Balaban J connectivity index is 2.05. The molecule has 1 aromatic carbocycles. The summed E-state index contributed by atoms with van der Waals surface area (Å²) >= 11 is 0. The van der Waals surface area contributed by atoms with E-state index in [-0.39, 0.29) is 18.6 Å². The topological polar surface area (TPSA) is 70.1 Å². The van der Waals surface area contributed by atoms with Crippen molar-refractivity contribution < 1.29 is 9.53 Å². The molecule has 0 radical (unpaired) electrons. The summed E-state index contributed by atoms with van der Waals surface area (Å²) < 4.78 is 6.68. The van der Waals surface area contributed by atoms with Gasteiger partial charge in [-0.25, -0.2) is 4.98 Å². The van der Waals surface area contributed by atoms with Gasteiger partial charge in [-0.1, -0.05) is 30.3 Å². The van der Waals surface area contributed by atoms with Crippen molar-refractivity contribution in [2.75, 3.05) is 6.61 Å². The molecule has 0 bridgehead atoms. The van der Waals surface area contributed by atoms with Crippen LogP contribution >= 0.6 is 0 Å². The van der Waals surface area contributed by atoms with E-state index in [1.165, 1.54) is 0 Å². The van der Waals surface area contributed by atoms with Crippen LogP contribution in [0.2, 0.25) is 0 Å². The Morgan fingerprint density at radius 2 is 2.15 bits per heavy atom. The maximum Gasteiger partial charge on any atom is 0.325 e. The Morgan fingerprint density at radius 1 is 1.40 bits per heavy atom. The first-order valence-corrected chi connectivity index (χ1v) is 6.66. The molecule has 0 saturated carbocycles. The molecular weight excluding hydrogens is 254 g/mol. The largest absolute Gasteiger partial charge is 0.465 e. The lowest BCUT2D eigenvalue weighted by molar-refractivity contribution is -0.143. The summed E-state index contributed by atoms with van der Waals surface area (Å²) in [6.45, 7) is 2.30. The molecule has 1 aromatic heterocycles. The Labute approximate surface area is 118 Å². The maximum atomic E-state index is 11.5. The third-order valence-electron chi connectivity index (χ3n) is 3.03. The number of benzene rings is 1. The van der Waals surface area contributed by atoms with Crippen LogP contribution in [0.4, 0.5) is 0 Å². The first kappa shape index (κ1) is 14.3. The Hall–Kier alpha value is -2.14. The van der Waals surface area contributed by atoms with Gasteiger partial charge in [-0.05, 0) is 18.9 Å². The molecular formula is C15H19N3O2. The lowest BCUT2D eigenvalue weighted by Crippen LogP contribution is -2.21. The molecule has 2 N–H and O–H groups in total. The molecule has 0 aliphatic heterocycles. The van der Waals surface area contributed by atoms with Gasteiger partial charge in [0.25, 0.3) is 0 Å². The van der Waals surface area contributed by atoms with Crippen LogP contribution in [0.1, 0.15) is 24.2 Å². The van der Waals surface area contributed by atoms with E-state index < -0.39 is 0 Å². The highest BCUT2D eigenvalue weighted by atomic mass is 16.5. The summed E-state index contributed by atoms with van der Waals surface area (Å²) in [5.74, 6) is -0.279. The van der Waals surface area contributed by atoms with Gasteiger partial charge in [-0.2, -0.15) is 0 Å². The molecule has 1 atom stereocenters. The van der Waals surface area contributed by atoms with Crippen LogP contribution in [-0.2, 0) is 22.5 Å². The zero-order chi connectivity index (χ0) is 14.4. The van der Waals surface area contributed by atoms with Crippen LogP contribution in [0.5, 0.6) is 0 Å².